The summed E-state index contributed by atoms with van der Waals surface area (Å²) in [6.45, 7) is 0.168. The van der Waals surface area contributed by atoms with E-state index in [1.165, 1.54) is 0 Å². The number of amides is 1. The van der Waals surface area contributed by atoms with Crippen molar-refractivity contribution < 1.29 is 13.9 Å². The molecule has 1 amide bonds. The van der Waals surface area contributed by atoms with Crippen molar-refractivity contribution in [3.8, 4) is 28.6 Å². The van der Waals surface area contributed by atoms with Gasteiger partial charge in [-0.1, -0.05) is 12.1 Å². The number of benzene rings is 1. The van der Waals surface area contributed by atoms with Crippen molar-refractivity contribution in [1.29, 1.82) is 0 Å². The van der Waals surface area contributed by atoms with Crippen molar-refractivity contribution in [2.45, 2.75) is 6.54 Å². The minimum atomic E-state index is -0.355. The van der Waals surface area contributed by atoms with E-state index in [0.29, 0.717) is 28.9 Å². The molecule has 0 fully saturated rings. The lowest BCUT2D eigenvalue weighted by atomic mass is 10.2. The molecule has 0 aliphatic carbocycles. The quantitative estimate of drug-likeness (QED) is 0.530. The molecule has 3 heterocycles. The average Bonchev–Trinajstić information content (AvgIpc) is 3.43. The maximum absolute atomic E-state index is 12.3. The Balaban J connectivity index is 1.41. The van der Waals surface area contributed by atoms with E-state index in [1.54, 1.807) is 37.8 Å². The number of methoxy groups -OCH3 is 1. The van der Waals surface area contributed by atoms with E-state index in [-0.39, 0.29) is 18.2 Å². The number of ether oxygens (including phenoxy) is 1. The lowest BCUT2D eigenvalue weighted by Gasteiger charge is -2.02. The third-order valence-electron chi connectivity index (χ3n) is 3.92. The molecule has 9 nitrogen and oxygen atoms in total. The molecule has 0 unspecified atom stereocenters. The molecule has 4 rings (SSSR count). The number of furan rings is 1. The first-order chi connectivity index (χ1) is 13.7. The Morgan fingerprint density at radius 1 is 1.25 bits per heavy atom. The number of carbonyl (C=O) groups excluding carboxylic acids is 1. The van der Waals surface area contributed by atoms with Crippen LogP contribution in [0.25, 0.3) is 22.8 Å². The van der Waals surface area contributed by atoms with Gasteiger partial charge in [0.25, 0.3) is 5.91 Å². The molecule has 0 saturated heterocycles. The summed E-state index contributed by atoms with van der Waals surface area (Å²) in [5.74, 6) is 2.04. The fraction of sp³-hybridized carbons (Fsp3) is 0.105. The highest BCUT2D eigenvalue weighted by atomic mass is 16.5. The maximum atomic E-state index is 12.3. The summed E-state index contributed by atoms with van der Waals surface area (Å²) in [4.78, 5) is 24.7. The van der Waals surface area contributed by atoms with E-state index in [0.717, 1.165) is 5.56 Å². The van der Waals surface area contributed by atoms with Crippen LogP contribution in [0.1, 0.15) is 16.4 Å². The zero-order valence-corrected chi connectivity index (χ0v) is 14.9. The predicted octanol–water partition coefficient (Wildman–Crippen LogP) is 2.46. The molecule has 3 aromatic heterocycles. The van der Waals surface area contributed by atoms with Crippen molar-refractivity contribution in [2.75, 3.05) is 7.11 Å². The molecule has 0 aliphatic rings. The summed E-state index contributed by atoms with van der Waals surface area (Å²) in [6, 6.07) is 10.8. The van der Waals surface area contributed by atoms with Gasteiger partial charge in [-0.25, -0.2) is 9.97 Å². The first-order valence-electron chi connectivity index (χ1n) is 8.43. The van der Waals surface area contributed by atoms with Crippen LogP contribution >= 0.6 is 0 Å². The van der Waals surface area contributed by atoms with Gasteiger partial charge in [-0.2, -0.15) is 5.10 Å². The number of carbonyl (C=O) groups is 1. The van der Waals surface area contributed by atoms with Crippen molar-refractivity contribution in [3.05, 3.63) is 66.6 Å². The van der Waals surface area contributed by atoms with E-state index >= 15 is 0 Å². The van der Waals surface area contributed by atoms with Gasteiger partial charge in [-0.3, -0.25) is 14.9 Å². The van der Waals surface area contributed by atoms with Crippen LogP contribution in [0.3, 0.4) is 0 Å². The lowest BCUT2D eigenvalue weighted by Crippen LogP contribution is -2.22. The van der Waals surface area contributed by atoms with E-state index in [9.17, 15) is 4.79 Å². The van der Waals surface area contributed by atoms with Crippen LogP contribution in [-0.4, -0.2) is 38.2 Å². The number of rotatable bonds is 6. The Labute approximate surface area is 159 Å². The minimum absolute atomic E-state index is 0.168. The number of aromatic nitrogens is 5. The highest BCUT2D eigenvalue weighted by molar-refractivity contribution is 5.92. The van der Waals surface area contributed by atoms with Crippen LogP contribution in [-0.2, 0) is 6.54 Å². The molecule has 28 heavy (non-hydrogen) atoms. The molecular weight excluding hydrogens is 360 g/mol. The monoisotopic (exact) mass is 376 g/mol. The third-order valence-corrected chi connectivity index (χ3v) is 3.92. The number of hydrogen-bond donors (Lipinski definition) is 2. The molecular formula is C19H16N6O3. The van der Waals surface area contributed by atoms with Gasteiger partial charge in [0, 0.05) is 18.0 Å². The second-order valence-electron chi connectivity index (χ2n) is 5.77. The van der Waals surface area contributed by atoms with Gasteiger partial charge in [-0.15, -0.1) is 0 Å². The van der Waals surface area contributed by atoms with Crippen molar-refractivity contribution >= 4 is 5.91 Å². The molecule has 4 aromatic rings. The second-order valence-corrected chi connectivity index (χ2v) is 5.77. The Bertz CT molecular complexity index is 1090. The van der Waals surface area contributed by atoms with Crippen LogP contribution in [0, 0.1) is 0 Å². The maximum Gasteiger partial charge on any atom is 0.287 e. The van der Waals surface area contributed by atoms with E-state index in [1.807, 2.05) is 24.3 Å². The van der Waals surface area contributed by atoms with Gasteiger partial charge in [0.1, 0.15) is 23.0 Å². The third kappa shape index (κ3) is 3.73. The molecule has 0 atom stereocenters. The number of nitrogens with one attached hydrogen (secondary N) is 2. The fourth-order valence-electron chi connectivity index (χ4n) is 2.55. The fourth-order valence-corrected chi connectivity index (χ4v) is 2.55. The van der Waals surface area contributed by atoms with Gasteiger partial charge in [0.2, 0.25) is 5.82 Å². The van der Waals surface area contributed by atoms with Crippen LogP contribution in [0.2, 0.25) is 0 Å². The number of aromatic amines is 1. The predicted molar refractivity (Wildman–Crippen MR) is 99.3 cm³/mol. The summed E-state index contributed by atoms with van der Waals surface area (Å²) in [5.41, 5.74) is 1.37. The molecule has 9 heteroatoms. The van der Waals surface area contributed by atoms with Gasteiger partial charge >= 0.3 is 0 Å². The van der Waals surface area contributed by atoms with Crippen molar-refractivity contribution in [2.24, 2.45) is 0 Å². The Morgan fingerprint density at radius 2 is 2.18 bits per heavy atom. The molecule has 0 aliphatic heterocycles. The van der Waals surface area contributed by atoms with Gasteiger partial charge in [0.15, 0.2) is 5.76 Å². The summed E-state index contributed by atoms with van der Waals surface area (Å²) in [5, 5.41) is 9.58. The molecule has 0 saturated carbocycles. The molecule has 140 valence electrons. The first kappa shape index (κ1) is 17.4. The highest BCUT2D eigenvalue weighted by Crippen LogP contribution is 2.25. The number of hydrogen-bond acceptors (Lipinski definition) is 7. The van der Waals surface area contributed by atoms with Gasteiger partial charge in [0.05, 0.1) is 19.9 Å². The Morgan fingerprint density at radius 3 is 3.00 bits per heavy atom. The van der Waals surface area contributed by atoms with Gasteiger partial charge < -0.3 is 14.5 Å². The average molecular weight is 376 g/mol. The van der Waals surface area contributed by atoms with Crippen molar-refractivity contribution in [3.63, 3.8) is 0 Å². The topological polar surface area (TPSA) is 119 Å². The molecule has 0 spiro atoms. The first-order valence-corrected chi connectivity index (χ1v) is 8.43. The van der Waals surface area contributed by atoms with Crippen molar-refractivity contribution in [1.82, 2.24) is 30.5 Å². The van der Waals surface area contributed by atoms with Crippen LogP contribution in [0.15, 0.2) is 59.4 Å². The number of nitrogens with zero attached hydrogens (tertiary/aromatic N) is 4. The highest BCUT2D eigenvalue weighted by Gasteiger charge is 2.14. The summed E-state index contributed by atoms with van der Waals surface area (Å²) < 4.78 is 10.9. The summed E-state index contributed by atoms with van der Waals surface area (Å²) >= 11 is 0. The van der Waals surface area contributed by atoms with Crippen LogP contribution in [0.4, 0.5) is 0 Å². The lowest BCUT2D eigenvalue weighted by molar-refractivity contribution is 0.0923. The largest absolute Gasteiger partial charge is 0.497 e. The summed E-state index contributed by atoms with van der Waals surface area (Å²) in [6.07, 6.45) is 4.69. The van der Waals surface area contributed by atoms with Crippen LogP contribution in [0.5, 0.6) is 5.75 Å². The zero-order valence-electron chi connectivity index (χ0n) is 14.9. The number of H-pyrrole nitrogens is 1. The Hall–Kier alpha value is -4.01. The minimum Gasteiger partial charge on any atom is -0.497 e. The van der Waals surface area contributed by atoms with Crippen LogP contribution < -0.4 is 10.1 Å². The molecule has 0 radical (unpaired) electrons. The Kier molecular flexibility index (Phi) is 4.79. The SMILES string of the molecule is COc1cccc(-c2ccc(C(=O)NCc3nc(-c4cnccn4)n[nH]3)o2)c1. The normalized spacial score (nSPS) is 10.6. The molecule has 0 bridgehead atoms. The second kappa shape index (κ2) is 7.70. The van der Waals surface area contributed by atoms with E-state index < -0.39 is 0 Å². The van der Waals surface area contributed by atoms with E-state index in [2.05, 4.69) is 30.5 Å². The standard InChI is InChI=1S/C19H16N6O3/c1-27-13-4-2-3-12(9-13)15-5-6-16(28-15)19(26)22-11-17-23-18(25-24-17)14-10-20-7-8-21-14/h2-10H,11H2,1H3,(H,22,26)(H,23,24,25). The smallest absolute Gasteiger partial charge is 0.287 e. The van der Waals surface area contributed by atoms with Gasteiger partial charge in [-0.05, 0) is 24.3 Å². The zero-order chi connectivity index (χ0) is 19.3. The molecule has 2 N–H and O–H groups in total. The van der Waals surface area contributed by atoms with E-state index in [4.69, 9.17) is 9.15 Å². The molecule has 1 aromatic carbocycles. The summed E-state index contributed by atoms with van der Waals surface area (Å²) in [7, 11) is 1.60.